The van der Waals surface area contributed by atoms with Crippen LogP contribution in [-0.4, -0.2) is 51.0 Å². The van der Waals surface area contributed by atoms with Crippen molar-refractivity contribution in [1.29, 1.82) is 0 Å². The first kappa shape index (κ1) is 16.0. The molecule has 0 aliphatic heterocycles. The van der Waals surface area contributed by atoms with E-state index in [2.05, 4.69) is 4.37 Å². The normalized spacial score (nSPS) is 13.0. The Balaban J connectivity index is 3.26. The van der Waals surface area contributed by atoms with Crippen molar-refractivity contribution in [1.82, 2.24) is 8.68 Å². The SMILES string of the molecule is CN(CC(F)(F)F)c1snc(N)c1S(=O)(=O)N(C)C. The summed E-state index contributed by atoms with van der Waals surface area (Å²) in [7, 11) is -0.286. The van der Waals surface area contributed by atoms with Gasteiger partial charge in [0.25, 0.3) is 0 Å². The summed E-state index contributed by atoms with van der Waals surface area (Å²) in [4.78, 5) is 0.374. The summed E-state index contributed by atoms with van der Waals surface area (Å²) in [6.45, 7) is -1.29. The van der Waals surface area contributed by atoms with E-state index in [1.54, 1.807) is 0 Å². The largest absolute Gasteiger partial charge is 0.405 e. The lowest BCUT2D eigenvalue weighted by Crippen LogP contribution is -2.32. The molecule has 2 N–H and O–H groups in total. The standard InChI is InChI=1S/C8H13F3N4O2S2/c1-14(2)19(16,17)5-6(12)13-18-7(5)15(3)4-8(9,10)11/h4H2,1-3H3,(H2,12,13). The van der Waals surface area contributed by atoms with Crippen molar-refractivity contribution in [3.8, 4) is 0 Å². The van der Waals surface area contributed by atoms with E-state index in [0.717, 1.165) is 16.3 Å². The fraction of sp³-hybridized carbons (Fsp3) is 0.625. The van der Waals surface area contributed by atoms with Crippen LogP contribution in [0.25, 0.3) is 0 Å². The number of nitrogens with zero attached hydrogens (tertiary/aromatic N) is 3. The third-order valence-corrected chi connectivity index (χ3v) is 5.14. The molecular formula is C8H13F3N4O2S2. The highest BCUT2D eigenvalue weighted by Crippen LogP contribution is 2.36. The van der Waals surface area contributed by atoms with Crippen LogP contribution in [0, 0.1) is 0 Å². The maximum Gasteiger partial charge on any atom is 0.405 e. The first-order valence-corrected chi connectivity index (χ1v) is 7.13. The van der Waals surface area contributed by atoms with Crippen molar-refractivity contribution in [3.05, 3.63) is 0 Å². The summed E-state index contributed by atoms with van der Waals surface area (Å²) in [6.07, 6.45) is -4.45. The zero-order chi connectivity index (χ0) is 15.0. The van der Waals surface area contributed by atoms with E-state index in [-0.39, 0.29) is 10.8 Å². The highest BCUT2D eigenvalue weighted by molar-refractivity contribution is 7.89. The Hall–Kier alpha value is -1.07. The molecule has 0 saturated carbocycles. The molecule has 0 unspecified atom stereocenters. The van der Waals surface area contributed by atoms with Gasteiger partial charge in [-0.15, -0.1) is 0 Å². The monoisotopic (exact) mass is 318 g/mol. The maximum atomic E-state index is 12.3. The van der Waals surface area contributed by atoms with Gasteiger partial charge in [-0.25, -0.2) is 12.7 Å². The molecule has 6 nitrogen and oxygen atoms in total. The van der Waals surface area contributed by atoms with Crippen molar-refractivity contribution in [2.75, 3.05) is 38.3 Å². The number of hydrogen-bond acceptors (Lipinski definition) is 6. The van der Waals surface area contributed by atoms with Gasteiger partial charge in [0.2, 0.25) is 10.0 Å². The van der Waals surface area contributed by atoms with Crippen molar-refractivity contribution in [2.45, 2.75) is 11.1 Å². The van der Waals surface area contributed by atoms with Gasteiger partial charge in [-0.05, 0) is 11.5 Å². The van der Waals surface area contributed by atoms with Gasteiger partial charge < -0.3 is 10.6 Å². The second-order valence-electron chi connectivity index (χ2n) is 3.96. The van der Waals surface area contributed by atoms with E-state index in [1.165, 1.54) is 14.1 Å². The zero-order valence-corrected chi connectivity index (χ0v) is 12.0. The molecule has 0 radical (unpaired) electrons. The summed E-state index contributed by atoms with van der Waals surface area (Å²) < 4.78 is 65.5. The fourth-order valence-electron chi connectivity index (χ4n) is 1.29. The number of hydrogen-bond donors (Lipinski definition) is 1. The second kappa shape index (κ2) is 5.13. The Morgan fingerprint density at radius 3 is 2.26 bits per heavy atom. The third-order valence-electron chi connectivity index (χ3n) is 2.16. The summed E-state index contributed by atoms with van der Waals surface area (Å²) in [5, 5.41) is -0.136. The summed E-state index contributed by atoms with van der Waals surface area (Å²) >= 11 is 0.614. The number of anilines is 2. The smallest absolute Gasteiger partial charge is 0.382 e. The highest BCUT2D eigenvalue weighted by atomic mass is 32.2. The van der Waals surface area contributed by atoms with E-state index in [4.69, 9.17) is 5.73 Å². The summed E-state index contributed by atoms with van der Waals surface area (Å²) in [6, 6.07) is 0. The first-order chi connectivity index (χ1) is 8.47. The predicted molar refractivity (Wildman–Crippen MR) is 66.7 cm³/mol. The molecule has 1 heterocycles. The van der Waals surface area contributed by atoms with E-state index < -0.39 is 27.6 Å². The molecule has 19 heavy (non-hydrogen) atoms. The predicted octanol–water partition coefficient (Wildman–Crippen LogP) is 0.974. The molecule has 0 saturated heterocycles. The van der Waals surface area contributed by atoms with Crippen LogP contribution < -0.4 is 10.6 Å². The van der Waals surface area contributed by atoms with Gasteiger partial charge in [-0.2, -0.15) is 17.5 Å². The second-order valence-corrected chi connectivity index (χ2v) is 6.80. The van der Waals surface area contributed by atoms with Crippen molar-refractivity contribution in [2.24, 2.45) is 0 Å². The fourth-order valence-corrected chi connectivity index (χ4v) is 3.50. The lowest BCUT2D eigenvalue weighted by molar-refractivity contribution is -0.119. The minimum absolute atomic E-state index is 0.136. The van der Waals surface area contributed by atoms with Gasteiger partial charge in [0, 0.05) is 21.1 Å². The highest BCUT2D eigenvalue weighted by Gasteiger charge is 2.34. The Morgan fingerprint density at radius 1 is 1.32 bits per heavy atom. The number of sulfonamides is 1. The molecule has 1 aromatic rings. The number of nitrogen functional groups attached to an aromatic ring is 1. The Bertz CT molecular complexity index is 553. The molecule has 0 atom stereocenters. The van der Waals surface area contributed by atoms with Crippen LogP contribution in [0.15, 0.2) is 4.90 Å². The quantitative estimate of drug-likeness (QED) is 0.895. The van der Waals surface area contributed by atoms with Gasteiger partial charge in [0.15, 0.2) is 10.7 Å². The van der Waals surface area contributed by atoms with Crippen LogP contribution in [0.4, 0.5) is 24.0 Å². The van der Waals surface area contributed by atoms with Crippen LogP contribution >= 0.6 is 11.5 Å². The molecule has 0 amide bonds. The van der Waals surface area contributed by atoms with E-state index >= 15 is 0 Å². The minimum Gasteiger partial charge on any atom is -0.382 e. The molecular weight excluding hydrogens is 305 g/mol. The molecule has 1 aromatic heterocycles. The first-order valence-electron chi connectivity index (χ1n) is 4.92. The number of alkyl halides is 3. The van der Waals surface area contributed by atoms with E-state index in [1.807, 2.05) is 0 Å². The van der Waals surface area contributed by atoms with Crippen molar-refractivity contribution in [3.63, 3.8) is 0 Å². The third kappa shape index (κ3) is 3.48. The Labute approximate surface area is 112 Å². The minimum atomic E-state index is -4.45. The summed E-state index contributed by atoms with van der Waals surface area (Å²) in [5.74, 6) is -0.303. The van der Waals surface area contributed by atoms with Crippen molar-refractivity contribution < 1.29 is 21.6 Å². The van der Waals surface area contributed by atoms with Gasteiger partial charge in [-0.3, -0.25) is 0 Å². The van der Waals surface area contributed by atoms with Crippen LogP contribution in [0.2, 0.25) is 0 Å². The Kier molecular flexibility index (Phi) is 4.32. The zero-order valence-electron chi connectivity index (χ0n) is 10.4. The Morgan fingerprint density at radius 2 is 1.84 bits per heavy atom. The number of aromatic nitrogens is 1. The molecule has 110 valence electrons. The molecule has 0 aliphatic carbocycles. The number of halogens is 3. The average Bonchev–Trinajstić information content (AvgIpc) is 2.57. The van der Waals surface area contributed by atoms with Crippen molar-refractivity contribution >= 4 is 32.4 Å². The van der Waals surface area contributed by atoms with Gasteiger partial charge >= 0.3 is 6.18 Å². The molecule has 0 spiro atoms. The van der Waals surface area contributed by atoms with Crippen LogP contribution in [0.5, 0.6) is 0 Å². The summed E-state index contributed by atoms with van der Waals surface area (Å²) in [5.41, 5.74) is 5.45. The number of nitrogens with two attached hydrogens (primary N) is 1. The molecule has 0 fully saturated rings. The van der Waals surface area contributed by atoms with Gasteiger partial charge in [0.05, 0.1) is 0 Å². The van der Waals surface area contributed by atoms with Crippen LogP contribution in [0.3, 0.4) is 0 Å². The lowest BCUT2D eigenvalue weighted by atomic mass is 10.5. The van der Waals surface area contributed by atoms with Crippen LogP contribution in [0.1, 0.15) is 0 Å². The molecule has 0 aliphatic rings. The molecule has 0 aromatic carbocycles. The molecule has 11 heteroatoms. The average molecular weight is 318 g/mol. The molecule has 0 bridgehead atoms. The van der Waals surface area contributed by atoms with Gasteiger partial charge in [-0.1, -0.05) is 0 Å². The topological polar surface area (TPSA) is 79.5 Å². The molecule has 1 rings (SSSR count). The lowest BCUT2D eigenvalue weighted by Gasteiger charge is -2.21. The van der Waals surface area contributed by atoms with E-state index in [9.17, 15) is 21.6 Å². The van der Waals surface area contributed by atoms with Crippen LogP contribution in [-0.2, 0) is 10.0 Å². The van der Waals surface area contributed by atoms with Gasteiger partial charge in [0.1, 0.15) is 11.5 Å². The number of rotatable bonds is 4. The van der Waals surface area contributed by atoms with E-state index in [0.29, 0.717) is 11.5 Å². The maximum absolute atomic E-state index is 12.3.